The molecule has 0 saturated carbocycles. The third-order valence-electron chi connectivity index (χ3n) is 4.24. The van der Waals surface area contributed by atoms with E-state index in [-0.39, 0.29) is 12.1 Å². The molecule has 1 aliphatic heterocycles. The molecule has 1 heterocycles. The summed E-state index contributed by atoms with van der Waals surface area (Å²) >= 11 is 0. The van der Waals surface area contributed by atoms with E-state index in [0.29, 0.717) is 13.2 Å². The predicted molar refractivity (Wildman–Crippen MR) is 88.0 cm³/mol. The highest BCUT2D eigenvalue weighted by Crippen LogP contribution is 2.14. The number of hydrogen-bond acceptors (Lipinski definition) is 4. The van der Waals surface area contributed by atoms with Gasteiger partial charge in [-0.1, -0.05) is 31.2 Å². The Labute approximate surface area is 133 Å². The fourth-order valence-corrected chi connectivity index (χ4v) is 2.62. The average Bonchev–Trinajstić information content (AvgIpc) is 2.58. The molecule has 0 bridgehead atoms. The standard InChI is InChI=1S/C18H29NO3/c1-3-15-4-6-16(7-5-15)14(2)19-12-17(20)13-22-18-8-10-21-11-9-18/h4-7,14,17-20H,3,8-13H2,1-2H3. The Morgan fingerprint density at radius 2 is 1.95 bits per heavy atom. The second kappa shape index (κ2) is 9.26. The van der Waals surface area contributed by atoms with Gasteiger partial charge >= 0.3 is 0 Å². The fraction of sp³-hybridized carbons (Fsp3) is 0.667. The monoisotopic (exact) mass is 307 g/mol. The van der Waals surface area contributed by atoms with Crippen LogP contribution in [0.4, 0.5) is 0 Å². The van der Waals surface area contributed by atoms with Gasteiger partial charge in [0.15, 0.2) is 0 Å². The van der Waals surface area contributed by atoms with Crippen LogP contribution in [0.2, 0.25) is 0 Å². The molecule has 1 aliphatic rings. The minimum Gasteiger partial charge on any atom is -0.389 e. The van der Waals surface area contributed by atoms with Crippen LogP contribution in [0.15, 0.2) is 24.3 Å². The second-order valence-corrected chi connectivity index (χ2v) is 6.02. The molecule has 0 aliphatic carbocycles. The lowest BCUT2D eigenvalue weighted by atomic mass is 10.0. The van der Waals surface area contributed by atoms with Crippen LogP contribution in [0.25, 0.3) is 0 Å². The van der Waals surface area contributed by atoms with Gasteiger partial charge in [-0.05, 0) is 37.3 Å². The highest BCUT2D eigenvalue weighted by molar-refractivity contribution is 5.24. The third-order valence-corrected chi connectivity index (χ3v) is 4.24. The maximum Gasteiger partial charge on any atom is 0.0898 e. The van der Waals surface area contributed by atoms with E-state index in [4.69, 9.17) is 9.47 Å². The Morgan fingerprint density at radius 3 is 2.59 bits per heavy atom. The van der Waals surface area contributed by atoms with Crippen LogP contribution in [0.5, 0.6) is 0 Å². The zero-order valence-electron chi connectivity index (χ0n) is 13.8. The largest absolute Gasteiger partial charge is 0.389 e. The Hall–Kier alpha value is -0.940. The summed E-state index contributed by atoms with van der Waals surface area (Å²) in [6.07, 6.45) is 2.69. The average molecular weight is 307 g/mol. The number of aryl methyl sites for hydroxylation is 1. The second-order valence-electron chi connectivity index (χ2n) is 6.02. The first kappa shape index (κ1) is 17.4. The van der Waals surface area contributed by atoms with Crippen molar-refractivity contribution in [1.29, 1.82) is 0 Å². The molecular formula is C18H29NO3. The molecule has 1 aromatic carbocycles. The molecule has 0 radical (unpaired) electrons. The van der Waals surface area contributed by atoms with E-state index < -0.39 is 6.10 Å². The minimum absolute atomic E-state index is 0.226. The van der Waals surface area contributed by atoms with E-state index in [9.17, 15) is 5.11 Å². The van der Waals surface area contributed by atoms with Crippen molar-refractivity contribution in [2.24, 2.45) is 0 Å². The van der Waals surface area contributed by atoms with Crippen LogP contribution in [-0.4, -0.2) is 43.7 Å². The van der Waals surface area contributed by atoms with Crippen LogP contribution < -0.4 is 5.32 Å². The summed E-state index contributed by atoms with van der Waals surface area (Å²) in [5.41, 5.74) is 2.59. The molecule has 0 aromatic heterocycles. The zero-order valence-corrected chi connectivity index (χ0v) is 13.8. The summed E-state index contributed by atoms with van der Waals surface area (Å²) in [6, 6.07) is 8.86. The Morgan fingerprint density at radius 1 is 1.27 bits per heavy atom. The lowest BCUT2D eigenvalue weighted by Crippen LogP contribution is -2.34. The molecule has 2 unspecified atom stereocenters. The highest BCUT2D eigenvalue weighted by atomic mass is 16.5. The SMILES string of the molecule is CCc1ccc(C(C)NCC(O)COC2CCOCC2)cc1. The molecular weight excluding hydrogens is 278 g/mol. The fourth-order valence-electron chi connectivity index (χ4n) is 2.62. The number of rotatable bonds is 8. The number of nitrogens with one attached hydrogen (secondary N) is 1. The Bertz CT molecular complexity index is 415. The molecule has 2 atom stereocenters. The molecule has 1 aromatic rings. The smallest absolute Gasteiger partial charge is 0.0898 e. The van der Waals surface area contributed by atoms with Gasteiger partial charge in [0.1, 0.15) is 0 Å². The summed E-state index contributed by atoms with van der Waals surface area (Å²) in [5, 5.41) is 13.4. The minimum atomic E-state index is -0.472. The van der Waals surface area contributed by atoms with Crippen molar-refractivity contribution in [3.8, 4) is 0 Å². The number of ether oxygens (including phenoxy) is 2. The Kier molecular flexibility index (Phi) is 7.33. The van der Waals surface area contributed by atoms with Gasteiger partial charge in [-0.3, -0.25) is 0 Å². The zero-order chi connectivity index (χ0) is 15.8. The number of hydrogen-bond donors (Lipinski definition) is 2. The number of aliphatic hydroxyl groups excluding tert-OH is 1. The van der Waals surface area contributed by atoms with Crippen molar-refractivity contribution >= 4 is 0 Å². The highest BCUT2D eigenvalue weighted by Gasteiger charge is 2.16. The molecule has 2 rings (SSSR count). The summed E-state index contributed by atoms with van der Waals surface area (Å²) in [4.78, 5) is 0. The van der Waals surface area contributed by atoms with Gasteiger partial charge < -0.3 is 19.9 Å². The van der Waals surface area contributed by atoms with Crippen molar-refractivity contribution in [3.05, 3.63) is 35.4 Å². The normalized spacial score (nSPS) is 19.0. The summed E-state index contributed by atoms with van der Waals surface area (Å²) in [6.45, 7) is 6.74. The first-order valence-electron chi connectivity index (χ1n) is 8.38. The molecule has 1 saturated heterocycles. The van der Waals surface area contributed by atoms with E-state index in [1.807, 2.05) is 0 Å². The molecule has 0 spiro atoms. The van der Waals surface area contributed by atoms with Gasteiger partial charge in [0.25, 0.3) is 0 Å². The van der Waals surface area contributed by atoms with Crippen molar-refractivity contribution < 1.29 is 14.6 Å². The van der Waals surface area contributed by atoms with Crippen LogP contribution in [-0.2, 0) is 15.9 Å². The van der Waals surface area contributed by atoms with E-state index in [1.54, 1.807) is 0 Å². The maximum atomic E-state index is 10.0. The third kappa shape index (κ3) is 5.69. The van der Waals surface area contributed by atoms with Crippen LogP contribution in [0.3, 0.4) is 0 Å². The molecule has 4 nitrogen and oxygen atoms in total. The molecule has 22 heavy (non-hydrogen) atoms. The van der Waals surface area contributed by atoms with E-state index >= 15 is 0 Å². The van der Waals surface area contributed by atoms with Gasteiger partial charge in [0.05, 0.1) is 18.8 Å². The predicted octanol–water partition coefficient (Wildman–Crippen LogP) is 2.46. The van der Waals surface area contributed by atoms with Gasteiger partial charge in [-0.15, -0.1) is 0 Å². The van der Waals surface area contributed by atoms with E-state index in [2.05, 4.69) is 43.4 Å². The molecule has 124 valence electrons. The van der Waals surface area contributed by atoms with Crippen LogP contribution in [0.1, 0.15) is 43.9 Å². The van der Waals surface area contributed by atoms with Crippen molar-refractivity contribution in [3.63, 3.8) is 0 Å². The number of aliphatic hydroxyl groups is 1. The molecule has 4 heteroatoms. The summed E-state index contributed by atoms with van der Waals surface area (Å²) in [7, 11) is 0. The van der Waals surface area contributed by atoms with E-state index in [1.165, 1.54) is 11.1 Å². The van der Waals surface area contributed by atoms with Crippen LogP contribution >= 0.6 is 0 Å². The lowest BCUT2D eigenvalue weighted by molar-refractivity contribution is -0.0588. The first-order valence-corrected chi connectivity index (χ1v) is 8.38. The topological polar surface area (TPSA) is 50.7 Å². The van der Waals surface area contributed by atoms with Gasteiger partial charge in [0, 0.05) is 25.8 Å². The maximum absolute atomic E-state index is 10.0. The summed E-state index contributed by atoms with van der Waals surface area (Å²) in [5.74, 6) is 0. The van der Waals surface area contributed by atoms with Gasteiger partial charge in [-0.25, -0.2) is 0 Å². The van der Waals surface area contributed by atoms with Gasteiger partial charge in [0.2, 0.25) is 0 Å². The van der Waals surface area contributed by atoms with Crippen LogP contribution in [0, 0.1) is 0 Å². The van der Waals surface area contributed by atoms with E-state index in [0.717, 1.165) is 32.5 Å². The summed E-state index contributed by atoms with van der Waals surface area (Å²) < 4.78 is 11.0. The van der Waals surface area contributed by atoms with Crippen molar-refractivity contribution in [1.82, 2.24) is 5.32 Å². The quantitative estimate of drug-likeness (QED) is 0.774. The van der Waals surface area contributed by atoms with Crippen molar-refractivity contribution in [2.75, 3.05) is 26.4 Å². The number of benzene rings is 1. The molecule has 2 N–H and O–H groups in total. The van der Waals surface area contributed by atoms with Gasteiger partial charge in [-0.2, -0.15) is 0 Å². The Balaban J connectivity index is 1.66. The lowest BCUT2D eigenvalue weighted by Gasteiger charge is -2.24. The van der Waals surface area contributed by atoms with Crippen molar-refractivity contribution in [2.45, 2.75) is 51.4 Å². The first-order chi connectivity index (χ1) is 10.7. The molecule has 0 amide bonds. The molecule has 1 fully saturated rings.